The number of para-hydroxylation sites is 1. The van der Waals surface area contributed by atoms with Crippen molar-refractivity contribution in [2.24, 2.45) is 17.0 Å². The predicted octanol–water partition coefficient (Wildman–Crippen LogP) is 5.15. The fourth-order valence-electron chi connectivity index (χ4n) is 5.83. The molecule has 3 aliphatic rings. The van der Waals surface area contributed by atoms with E-state index in [0.29, 0.717) is 29.1 Å². The van der Waals surface area contributed by atoms with E-state index in [1.807, 2.05) is 17.0 Å². The minimum atomic E-state index is -0.633. The van der Waals surface area contributed by atoms with Gasteiger partial charge in [0.25, 0.3) is 0 Å². The van der Waals surface area contributed by atoms with Crippen molar-refractivity contribution in [2.75, 3.05) is 43.0 Å². The van der Waals surface area contributed by atoms with Gasteiger partial charge in [0, 0.05) is 61.0 Å². The molecule has 2 N–H and O–H groups in total. The summed E-state index contributed by atoms with van der Waals surface area (Å²) in [7, 11) is 0. The van der Waals surface area contributed by atoms with Gasteiger partial charge in [-0.1, -0.05) is 18.2 Å². The maximum absolute atomic E-state index is 13.2. The van der Waals surface area contributed by atoms with Crippen LogP contribution in [0.25, 0.3) is 0 Å². The maximum atomic E-state index is 13.2. The van der Waals surface area contributed by atoms with Gasteiger partial charge in [0.15, 0.2) is 0 Å². The molecule has 0 radical (unpaired) electrons. The van der Waals surface area contributed by atoms with Gasteiger partial charge in [-0.3, -0.25) is 4.79 Å². The van der Waals surface area contributed by atoms with E-state index in [0.717, 1.165) is 57.5 Å². The van der Waals surface area contributed by atoms with E-state index in [9.17, 15) is 9.18 Å². The molecule has 2 heterocycles. The van der Waals surface area contributed by atoms with Gasteiger partial charge in [-0.25, -0.2) is 9.92 Å². The Hall–Kier alpha value is -3.00. The van der Waals surface area contributed by atoms with E-state index in [2.05, 4.69) is 39.6 Å². The van der Waals surface area contributed by atoms with Crippen LogP contribution in [-0.2, 0) is 16.2 Å². The number of nitrogens with one attached hydrogen (secondary N) is 2. The summed E-state index contributed by atoms with van der Waals surface area (Å²) in [6.07, 6.45) is 3.80. The maximum Gasteiger partial charge on any atom is 0.248 e. The summed E-state index contributed by atoms with van der Waals surface area (Å²) in [6, 6.07) is 16.1. The number of benzene rings is 2. The van der Waals surface area contributed by atoms with Crippen LogP contribution < -0.4 is 10.2 Å². The molecule has 2 saturated heterocycles. The average molecular weight is 480 g/mol. The summed E-state index contributed by atoms with van der Waals surface area (Å²) >= 11 is 0. The van der Waals surface area contributed by atoms with Crippen molar-refractivity contribution >= 4 is 23.0 Å². The second kappa shape index (κ2) is 10.7. The highest BCUT2D eigenvalue weighted by Crippen LogP contribution is 2.34. The number of hydrogen-bond acceptors (Lipinski definition) is 6. The van der Waals surface area contributed by atoms with Gasteiger partial charge in [-0.15, -0.1) is 0 Å². The molecule has 2 aromatic carbocycles. The Bertz CT molecular complexity index is 1010. The van der Waals surface area contributed by atoms with Crippen molar-refractivity contribution < 1.29 is 13.9 Å². The molecule has 0 aromatic heterocycles. The minimum absolute atomic E-state index is 0.110. The number of fused-ring (bicyclic) bond motifs is 1. The van der Waals surface area contributed by atoms with Crippen LogP contribution in [0, 0.1) is 17.4 Å². The lowest BCUT2D eigenvalue weighted by molar-refractivity contribution is -0.138. The molecule has 3 fully saturated rings. The molecule has 7 nitrogen and oxygen atoms in total. The van der Waals surface area contributed by atoms with Crippen LogP contribution in [-0.4, -0.2) is 55.7 Å². The molecule has 1 aliphatic carbocycles. The van der Waals surface area contributed by atoms with Gasteiger partial charge >= 0.3 is 0 Å². The van der Waals surface area contributed by atoms with E-state index in [-0.39, 0.29) is 18.6 Å². The fourth-order valence-corrected chi connectivity index (χ4v) is 5.83. The van der Waals surface area contributed by atoms with Crippen molar-refractivity contribution in [3.63, 3.8) is 0 Å². The summed E-state index contributed by atoms with van der Waals surface area (Å²) in [4.78, 5) is 17.3. The molecule has 5 rings (SSSR count). The zero-order valence-electron chi connectivity index (χ0n) is 20.0. The third kappa shape index (κ3) is 5.48. The third-order valence-electron chi connectivity index (χ3n) is 7.79. The van der Waals surface area contributed by atoms with Gasteiger partial charge in [-0.05, 0) is 56.0 Å². The third-order valence-corrected chi connectivity index (χ3v) is 7.79. The lowest BCUT2D eigenvalue weighted by Crippen LogP contribution is -2.37. The highest BCUT2D eigenvalue weighted by Gasteiger charge is 2.41. The summed E-state index contributed by atoms with van der Waals surface area (Å²) in [5.41, 5.74) is 10.1. The molecule has 35 heavy (non-hydrogen) atoms. The predicted molar refractivity (Wildman–Crippen MR) is 134 cm³/mol. The second-order valence-corrected chi connectivity index (χ2v) is 10.1. The van der Waals surface area contributed by atoms with E-state index in [4.69, 9.17) is 10.3 Å². The number of likely N-dealkylation sites (tertiary alicyclic amines) is 1. The minimum Gasteiger partial charge on any atom is -0.382 e. The van der Waals surface area contributed by atoms with Crippen molar-refractivity contribution in [3.05, 3.63) is 54.1 Å². The van der Waals surface area contributed by atoms with Crippen molar-refractivity contribution in [1.29, 1.82) is 5.53 Å². The Morgan fingerprint density at radius 2 is 1.74 bits per heavy atom. The molecule has 8 heteroatoms. The smallest absolute Gasteiger partial charge is 0.248 e. The Balaban J connectivity index is 1.03. The first-order valence-corrected chi connectivity index (χ1v) is 12.6. The Morgan fingerprint density at radius 1 is 1.03 bits per heavy atom. The number of carbonyl (C=O) groups excluding carboxylic acids is 1. The number of hydrogen-bond donors (Lipinski definition) is 2. The molecule has 2 aromatic rings. The molecular weight excluding hydrogens is 445 g/mol. The molecule has 2 unspecified atom stereocenters. The van der Waals surface area contributed by atoms with E-state index >= 15 is 0 Å². The second-order valence-electron chi connectivity index (χ2n) is 10.1. The number of nitrogens with zero attached hydrogens (tertiary/aromatic N) is 3. The molecule has 1 amide bonds. The average Bonchev–Trinajstić information content (AvgIpc) is 3.48. The van der Waals surface area contributed by atoms with Crippen molar-refractivity contribution in [3.8, 4) is 0 Å². The van der Waals surface area contributed by atoms with Crippen molar-refractivity contribution in [2.45, 2.75) is 44.5 Å². The molecule has 186 valence electrons. The quantitative estimate of drug-likeness (QED) is 0.513. The molecule has 0 bridgehead atoms. The van der Waals surface area contributed by atoms with E-state index < -0.39 is 6.67 Å². The number of amides is 1. The molecule has 2 aliphatic heterocycles. The van der Waals surface area contributed by atoms with Gasteiger partial charge in [0.2, 0.25) is 5.91 Å². The Morgan fingerprint density at radius 3 is 2.40 bits per heavy atom. The lowest BCUT2D eigenvalue weighted by atomic mass is 9.92. The number of alkyl halides is 1. The first-order valence-electron chi connectivity index (χ1n) is 12.6. The fraction of sp³-hybridized carbons (Fsp3) is 0.519. The van der Waals surface area contributed by atoms with Crippen LogP contribution >= 0.6 is 0 Å². The Labute approximate surface area is 206 Å². The van der Waals surface area contributed by atoms with Crippen LogP contribution in [0.1, 0.15) is 31.2 Å². The highest BCUT2D eigenvalue weighted by molar-refractivity contribution is 5.78. The molecular formula is C27H34FN5O2. The molecule has 2 atom stereocenters. The zero-order valence-corrected chi connectivity index (χ0v) is 20.0. The van der Waals surface area contributed by atoms with Crippen LogP contribution in [0.3, 0.4) is 0 Å². The first kappa shape index (κ1) is 23.7. The zero-order chi connectivity index (χ0) is 24.2. The summed E-state index contributed by atoms with van der Waals surface area (Å²) in [5.74, 6) is 1.20. The van der Waals surface area contributed by atoms with E-state index in [1.165, 1.54) is 5.69 Å². The topological polar surface area (TPSA) is 81.0 Å². The first-order chi connectivity index (χ1) is 17.1. The Kier molecular flexibility index (Phi) is 7.27. The largest absolute Gasteiger partial charge is 0.382 e. The summed E-state index contributed by atoms with van der Waals surface area (Å²) in [5, 5.41) is 6.84. The highest BCUT2D eigenvalue weighted by atomic mass is 19.1. The number of anilines is 2. The number of halogens is 1. The normalized spacial score (nSPS) is 26.0. The van der Waals surface area contributed by atoms with Crippen LogP contribution in [0.2, 0.25) is 0 Å². The van der Waals surface area contributed by atoms with Crippen LogP contribution in [0.5, 0.6) is 0 Å². The van der Waals surface area contributed by atoms with Gasteiger partial charge in [0.05, 0.1) is 11.8 Å². The monoisotopic (exact) mass is 479 g/mol. The van der Waals surface area contributed by atoms with Crippen molar-refractivity contribution in [1.82, 2.24) is 4.90 Å². The standard InChI is InChI=1S/C27H34FN5O2/c28-13-19-12-23(8-11-26(19)31-29)30-22-6-9-25(10-7-22)35-18-27(34)33-16-20-14-32(15-21(20)17-33)24-4-2-1-3-5-24/h1-5,8,11-12,20-22,25,29-30H,6-7,9-10,13-18H2. The number of ether oxygens (including phenoxy) is 1. The summed E-state index contributed by atoms with van der Waals surface area (Å²) < 4.78 is 19.2. The number of rotatable bonds is 8. The van der Waals surface area contributed by atoms with Crippen LogP contribution in [0.15, 0.2) is 53.6 Å². The SMILES string of the molecule is N=Nc1ccc(NC2CCC(OCC(=O)N3CC4CN(c5ccccc5)CC4C3)CC2)cc1CF. The van der Waals surface area contributed by atoms with Gasteiger partial charge in [-0.2, -0.15) is 5.11 Å². The lowest BCUT2D eigenvalue weighted by Gasteiger charge is -2.30. The summed E-state index contributed by atoms with van der Waals surface area (Å²) in [6.45, 7) is 3.24. The molecule has 1 saturated carbocycles. The van der Waals surface area contributed by atoms with E-state index in [1.54, 1.807) is 12.1 Å². The van der Waals surface area contributed by atoms with Gasteiger partial charge < -0.3 is 19.9 Å². The number of carbonyl (C=O) groups is 1. The molecule has 0 spiro atoms. The van der Waals surface area contributed by atoms with Gasteiger partial charge in [0.1, 0.15) is 13.3 Å². The van der Waals surface area contributed by atoms with Crippen LogP contribution in [0.4, 0.5) is 21.5 Å².